The number of rotatable bonds is 21. The van der Waals surface area contributed by atoms with E-state index in [2.05, 4.69) is 37.9 Å². The third-order valence-corrected chi connectivity index (χ3v) is 12.9. The Hall–Kier alpha value is -0.970. The Morgan fingerprint density at radius 2 is 1.65 bits per heavy atom. The van der Waals surface area contributed by atoms with Crippen molar-refractivity contribution in [2.45, 2.75) is 193 Å². The predicted molar refractivity (Wildman–Crippen MR) is 207 cm³/mol. The van der Waals surface area contributed by atoms with Crippen LogP contribution >= 0.6 is 0 Å². The fourth-order valence-electron chi connectivity index (χ4n) is 8.60. The summed E-state index contributed by atoms with van der Waals surface area (Å²) in [5.74, 6) is -1.36. The van der Waals surface area contributed by atoms with Crippen LogP contribution in [0.15, 0.2) is 0 Å². The van der Waals surface area contributed by atoms with E-state index in [4.69, 9.17) is 37.9 Å². The second kappa shape index (κ2) is 19.7. The second-order valence-electron chi connectivity index (χ2n) is 17.6. The molecule has 0 amide bonds. The van der Waals surface area contributed by atoms with Crippen LogP contribution in [0.4, 0.5) is 0 Å². The molecule has 54 heavy (non-hydrogen) atoms. The Balaban J connectivity index is 1.93. The molecule has 3 aliphatic rings. The summed E-state index contributed by atoms with van der Waals surface area (Å²) in [5, 5.41) is 26.4. The number of epoxide rings is 1. The normalized spacial score (nSPS) is 35.9. The molecule has 0 aromatic carbocycles. The largest absolute Gasteiger partial charge is 0.459 e. The first kappa shape index (κ1) is 47.4. The minimum Gasteiger partial charge on any atom is -0.459 e. The van der Waals surface area contributed by atoms with Crippen molar-refractivity contribution in [3.05, 3.63) is 0 Å². The van der Waals surface area contributed by atoms with Crippen molar-refractivity contribution in [2.75, 3.05) is 41.5 Å². The number of ether oxygens (including phenoxy) is 8. The van der Waals surface area contributed by atoms with Gasteiger partial charge in [0.25, 0.3) is 0 Å². The Bertz CT molecular complexity index is 1150. The Labute approximate surface area is 326 Å². The number of carbonyl (C=O) groups is 1. The van der Waals surface area contributed by atoms with Crippen molar-refractivity contribution in [2.24, 2.45) is 23.7 Å². The van der Waals surface area contributed by atoms with Crippen LogP contribution in [-0.2, 0) is 42.7 Å². The van der Waals surface area contributed by atoms with E-state index in [9.17, 15) is 15.0 Å². The van der Waals surface area contributed by atoms with E-state index >= 15 is 0 Å². The first-order chi connectivity index (χ1) is 25.1. The number of hydrogen-bond donors (Lipinski definition) is 3. The Morgan fingerprint density at radius 3 is 2.15 bits per heavy atom. The molecule has 13 nitrogen and oxygen atoms in total. The highest BCUT2D eigenvalue weighted by molar-refractivity contribution is 5.73. The summed E-state index contributed by atoms with van der Waals surface area (Å²) in [6.07, 6.45) is -3.01. The third kappa shape index (κ3) is 10.6. The van der Waals surface area contributed by atoms with Gasteiger partial charge < -0.3 is 58.3 Å². The number of aliphatic hydroxyl groups excluding tert-OH is 1. The monoisotopic (exact) mass is 775 g/mol. The molecule has 318 valence electrons. The number of carbonyl (C=O) groups excluding carboxylic acids is 1. The standard InChI is InChI=1S/C41H78N2O11/c1-17-24(5)21-42-28(9)36(44)40(12,46)31(18-2)52-37(45)27(8)34(53-32-20-39(11,48-16)41(22-49-41)29(10)51-32)26(7)33(23(3)4)54-38-35(47-15)30(43(13)14)19-25(6)50-38/h23-36,38,42,44,46H,17-22H2,1-16H3/t24?,25?,26?,27?,28?,29?,30?,31-,32?,33?,34?,35?,36?,38?,39?,40?,41?/m1/s1. The van der Waals surface area contributed by atoms with Gasteiger partial charge in [-0.05, 0) is 86.9 Å². The van der Waals surface area contributed by atoms with Crippen molar-refractivity contribution in [1.29, 1.82) is 0 Å². The van der Waals surface area contributed by atoms with Crippen LogP contribution in [0.25, 0.3) is 0 Å². The maximum Gasteiger partial charge on any atom is 0.311 e. The van der Waals surface area contributed by atoms with Gasteiger partial charge in [-0.15, -0.1) is 0 Å². The molecule has 0 saturated carbocycles. The molecule has 3 rings (SSSR count). The lowest BCUT2D eigenvalue weighted by Gasteiger charge is -2.48. The van der Waals surface area contributed by atoms with Crippen molar-refractivity contribution < 1.29 is 52.9 Å². The number of hydrogen-bond acceptors (Lipinski definition) is 13. The van der Waals surface area contributed by atoms with Crippen molar-refractivity contribution in [3.8, 4) is 0 Å². The fraction of sp³-hybridized carbons (Fsp3) is 0.976. The second-order valence-corrected chi connectivity index (χ2v) is 17.6. The van der Waals surface area contributed by atoms with E-state index in [1.165, 1.54) is 6.92 Å². The molecule has 3 heterocycles. The highest BCUT2D eigenvalue weighted by Crippen LogP contribution is 2.51. The summed E-state index contributed by atoms with van der Waals surface area (Å²) in [6, 6.07) is -0.359. The number of nitrogens with zero attached hydrogens (tertiary/aromatic N) is 1. The maximum atomic E-state index is 14.3. The fourth-order valence-corrected chi connectivity index (χ4v) is 8.60. The molecular weight excluding hydrogens is 696 g/mol. The molecule has 13 heteroatoms. The highest BCUT2D eigenvalue weighted by atomic mass is 16.7. The summed E-state index contributed by atoms with van der Waals surface area (Å²) in [5.41, 5.74) is -2.97. The lowest BCUT2D eigenvalue weighted by atomic mass is 9.79. The first-order valence-corrected chi connectivity index (χ1v) is 20.5. The summed E-state index contributed by atoms with van der Waals surface area (Å²) >= 11 is 0. The third-order valence-electron chi connectivity index (χ3n) is 12.9. The molecule has 3 fully saturated rings. The molecule has 3 aliphatic heterocycles. The summed E-state index contributed by atoms with van der Waals surface area (Å²) in [4.78, 5) is 16.5. The molecule has 1 spiro atoms. The average Bonchev–Trinajstić information content (AvgIpc) is 3.94. The van der Waals surface area contributed by atoms with E-state index < -0.39 is 71.7 Å². The van der Waals surface area contributed by atoms with Crippen LogP contribution < -0.4 is 5.32 Å². The van der Waals surface area contributed by atoms with Gasteiger partial charge in [-0.2, -0.15) is 0 Å². The average molecular weight is 775 g/mol. The van der Waals surface area contributed by atoms with Crippen LogP contribution in [0.1, 0.15) is 109 Å². The van der Waals surface area contributed by atoms with Crippen LogP contribution in [0, 0.1) is 23.7 Å². The molecule has 3 N–H and O–H groups in total. The summed E-state index contributed by atoms with van der Waals surface area (Å²) < 4.78 is 50.7. The van der Waals surface area contributed by atoms with Gasteiger partial charge in [0, 0.05) is 38.6 Å². The number of methoxy groups -OCH3 is 2. The van der Waals surface area contributed by atoms with Crippen molar-refractivity contribution in [1.82, 2.24) is 10.2 Å². The topological polar surface area (TPSA) is 150 Å². The maximum absolute atomic E-state index is 14.3. The zero-order valence-corrected chi connectivity index (χ0v) is 36.4. The lowest BCUT2D eigenvalue weighted by molar-refractivity contribution is -0.305. The molecule has 17 atom stereocenters. The Kier molecular flexibility index (Phi) is 17.3. The molecule has 16 unspecified atom stereocenters. The van der Waals surface area contributed by atoms with Crippen LogP contribution in [-0.4, -0.2) is 147 Å². The van der Waals surface area contributed by atoms with Gasteiger partial charge in [0.1, 0.15) is 35.1 Å². The minimum atomic E-state index is -1.73. The minimum absolute atomic E-state index is 0.00674. The van der Waals surface area contributed by atoms with Gasteiger partial charge in [0.05, 0.1) is 36.9 Å². The molecule has 3 saturated heterocycles. The first-order valence-electron chi connectivity index (χ1n) is 20.5. The van der Waals surface area contributed by atoms with Crippen LogP contribution in [0.3, 0.4) is 0 Å². The highest BCUT2D eigenvalue weighted by Gasteiger charge is 2.67. The zero-order valence-electron chi connectivity index (χ0n) is 36.4. The Morgan fingerprint density at radius 1 is 1.02 bits per heavy atom. The number of nitrogens with one attached hydrogen (secondary N) is 1. The SMILES string of the molecule is CCC(C)CNC(C)C(O)C(C)(O)[C@@H](CC)OC(=O)C(C)C(OC1CC(C)(OC)C2(CO2)C(C)O1)C(C)C(OC1OC(C)CC(N(C)C)C1OC)C(C)C. The van der Waals surface area contributed by atoms with Gasteiger partial charge in [-0.25, -0.2) is 0 Å². The van der Waals surface area contributed by atoms with Crippen molar-refractivity contribution >= 4 is 5.97 Å². The van der Waals surface area contributed by atoms with E-state index in [0.29, 0.717) is 31.9 Å². The van der Waals surface area contributed by atoms with E-state index in [1.807, 2.05) is 55.6 Å². The smallest absolute Gasteiger partial charge is 0.311 e. The van der Waals surface area contributed by atoms with Gasteiger partial charge >= 0.3 is 5.97 Å². The predicted octanol–water partition coefficient (Wildman–Crippen LogP) is 4.53. The number of aliphatic hydroxyl groups is 2. The van der Waals surface area contributed by atoms with Crippen LogP contribution in [0.5, 0.6) is 0 Å². The number of esters is 1. The quantitative estimate of drug-likeness (QED) is 0.111. The van der Waals surface area contributed by atoms with Crippen molar-refractivity contribution in [3.63, 3.8) is 0 Å². The van der Waals surface area contributed by atoms with Gasteiger partial charge in [0.2, 0.25) is 0 Å². The number of likely N-dealkylation sites (N-methyl/N-ethyl adjacent to an activating group) is 1. The van der Waals surface area contributed by atoms with E-state index in [0.717, 1.165) is 12.8 Å². The molecule has 0 aromatic heterocycles. The van der Waals surface area contributed by atoms with Gasteiger partial charge in [-0.3, -0.25) is 4.79 Å². The van der Waals surface area contributed by atoms with Crippen LogP contribution in [0.2, 0.25) is 0 Å². The van der Waals surface area contributed by atoms with E-state index in [1.54, 1.807) is 21.1 Å². The van der Waals surface area contributed by atoms with E-state index in [-0.39, 0.29) is 36.2 Å². The summed E-state index contributed by atoms with van der Waals surface area (Å²) in [7, 11) is 7.42. The van der Waals surface area contributed by atoms with Gasteiger partial charge in [0.15, 0.2) is 12.6 Å². The molecule has 0 aliphatic carbocycles. The molecule has 0 radical (unpaired) electrons. The zero-order chi connectivity index (χ0) is 40.9. The molecule has 0 bridgehead atoms. The molecular formula is C41H78N2O11. The van der Waals surface area contributed by atoms with Gasteiger partial charge in [-0.1, -0.05) is 48.0 Å². The summed E-state index contributed by atoms with van der Waals surface area (Å²) in [6.45, 7) is 24.6. The lowest BCUT2D eigenvalue weighted by Crippen LogP contribution is -2.60. The molecule has 0 aromatic rings.